The third kappa shape index (κ3) is 3.33. The highest BCUT2D eigenvalue weighted by Crippen LogP contribution is 2.34. The van der Waals surface area contributed by atoms with Gasteiger partial charge in [-0.3, -0.25) is 4.79 Å². The molecule has 2 aliphatic rings. The molecule has 1 amide bonds. The first kappa shape index (κ1) is 15.9. The van der Waals surface area contributed by atoms with Crippen LogP contribution in [0.4, 0.5) is 5.69 Å². The second-order valence-electron chi connectivity index (χ2n) is 6.62. The molecule has 1 fully saturated rings. The maximum Gasteiger partial charge on any atom is 0.241 e. The summed E-state index contributed by atoms with van der Waals surface area (Å²) in [6, 6.07) is 8.72. The summed E-state index contributed by atoms with van der Waals surface area (Å²) in [5, 5.41) is 3.53. The molecule has 22 heavy (non-hydrogen) atoms. The van der Waals surface area contributed by atoms with Crippen molar-refractivity contribution in [3.63, 3.8) is 0 Å². The van der Waals surface area contributed by atoms with E-state index in [-0.39, 0.29) is 5.91 Å². The van der Waals surface area contributed by atoms with Gasteiger partial charge in [0.15, 0.2) is 0 Å². The molecule has 3 unspecified atom stereocenters. The topological polar surface area (TPSA) is 32.3 Å². The Balaban J connectivity index is 1.61. The number of anilines is 1. The van der Waals surface area contributed by atoms with Crippen LogP contribution in [0.15, 0.2) is 29.2 Å². The molecule has 0 saturated heterocycles. The highest BCUT2D eigenvalue weighted by atomic mass is 32.2. The van der Waals surface area contributed by atoms with Crippen molar-refractivity contribution in [2.45, 2.75) is 44.0 Å². The zero-order valence-electron chi connectivity index (χ0n) is 13.5. The average Bonchev–Trinajstić information content (AvgIpc) is 2.55. The standard InChI is InChI=1S/C18H26N2OS/c1-13-6-5-7-15(14(13)2)19-12-18(21)20-10-11-22-17-9-4-3-8-16(17)20/h3-4,8-9,13-15,19H,5-7,10-12H2,1-2H3. The molecule has 1 N–H and O–H groups in total. The van der Waals surface area contributed by atoms with Gasteiger partial charge >= 0.3 is 0 Å². The van der Waals surface area contributed by atoms with Crippen LogP contribution in [0.2, 0.25) is 0 Å². The Morgan fingerprint density at radius 3 is 3.00 bits per heavy atom. The first-order valence-corrected chi connectivity index (χ1v) is 9.41. The Hall–Kier alpha value is -1.00. The lowest BCUT2D eigenvalue weighted by molar-refractivity contribution is -0.118. The number of hydrogen-bond acceptors (Lipinski definition) is 3. The number of carbonyl (C=O) groups is 1. The van der Waals surface area contributed by atoms with Crippen molar-refractivity contribution in [1.82, 2.24) is 5.32 Å². The summed E-state index contributed by atoms with van der Waals surface area (Å²) in [6.45, 7) is 5.93. The molecule has 1 saturated carbocycles. The van der Waals surface area contributed by atoms with Gasteiger partial charge in [0.1, 0.15) is 0 Å². The lowest BCUT2D eigenvalue weighted by atomic mass is 9.78. The summed E-state index contributed by atoms with van der Waals surface area (Å²) in [5.41, 5.74) is 1.08. The second kappa shape index (κ2) is 7.05. The minimum absolute atomic E-state index is 0.207. The summed E-state index contributed by atoms with van der Waals surface area (Å²) >= 11 is 1.84. The lowest BCUT2D eigenvalue weighted by Crippen LogP contribution is -2.47. The summed E-state index contributed by atoms with van der Waals surface area (Å²) in [7, 11) is 0. The molecular formula is C18H26N2OS. The van der Waals surface area contributed by atoms with Crippen LogP contribution in [0.1, 0.15) is 33.1 Å². The average molecular weight is 318 g/mol. The second-order valence-corrected chi connectivity index (χ2v) is 7.75. The molecule has 1 aliphatic heterocycles. The molecule has 3 nitrogen and oxygen atoms in total. The van der Waals surface area contributed by atoms with E-state index >= 15 is 0 Å². The fourth-order valence-electron chi connectivity index (χ4n) is 3.61. The van der Waals surface area contributed by atoms with E-state index in [0.29, 0.717) is 18.5 Å². The Morgan fingerprint density at radius 2 is 2.14 bits per heavy atom. The van der Waals surface area contributed by atoms with E-state index in [0.717, 1.165) is 23.9 Å². The number of thioether (sulfide) groups is 1. The van der Waals surface area contributed by atoms with Crippen molar-refractivity contribution in [2.24, 2.45) is 11.8 Å². The number of carbonyl (C=O) groups excluding carboxylic acids is 1. The van der Waals surface area contributed by atoms with E-state index < -0.39 is 0 Å². The van der Waals surface area contributed by atoms with Gasteiger partial charge in [-0.25, -0.2) is 0 Å². The third-order valence-electron chi connectivity index (χ3n) is 5.25. The quantitative estimate of drug-likeness (QED) is 0.925. The van der Waals surface area contributed by atoms with Crippen LogP contribution in [0.5, 0.6) is 0 Å². The molecule has 0 radical (unpaired) electrons. The normalized spacial score (nSPS) is 28.3. The van der Waals surface area contributed by atoms with Crippen LogP contribution in [0, 0.1) is 11.8 Å². The van der Waals surface area contributed by atoms with Crippen molar-refractivity contribution in [1.29, 1.82) is 0 Å². The van der Waals surface area contributed by atoms with Gasteiger partial charge in [-0.05, 0) is 30.4 Å². The Morgan fingerprint density at radius 1 is 1.32 bits per heavy atom. The van der Waals surface area contributed by atoms with Gasteiger partial charge in [0.05, 0.1) is 12.2 Å². The van der Waals surface area contributed by atoms with Gasteiger partial charge in [-0.15, -0.1) is 11.8 Å². The molecule has 4 heteroatoms. The molecule has 3 atom stereocenters. The van der Waals surface area contributed by atoms with Gasteiger partial charge in [0.2, 0.25) is 5.91 Å². The summed E-state index contributed by atoms with van der Waals surface area (Å²) in [6.07, 6.45) is 3.80. The Bertz CT molecular complexity index is 534. The van der Waals surface area contributed by atoms with E-state index in [1.165, 1.54) is 24.2 Å². The molecule has 1 aromatic rings. The van der Waals surface area contributed by atoms with Crippen molar-refractivity contribution in [3.05, 3.63) is 24.3 Å². The molecule has 0 spiro atoms. The molecule has 0 bridgehead atoms. The van der Waals surface area contributed by atoms with E-state index in [2.05, 4.69) is 31.3 Å². The molecule has 120 valence electrons. The van der Waals surface area contributed by atoms with Crippen molar-refractivity contribution in [2.75, 3.05) is 23.7 Å². The van der Waals surface area contributed by atoms with E-state index in [4.69, 9.17) is 0 Å². The predicted octanol–water partition coefficient (Wildman–Crippen LogP) is 3.54. The number of amides is 1. The molecule has 0 aromatic heterocycles. The Labute approximate surface area is 137 Å². The first-order chi connectivity index (χ1) is 10.7. The zero-order chi connectivity index (χ0) is 15.5. The van der Waals surface area contributed by atoms with Crippen LogP contribution < -0.4 is 10.2 Å². The number of fused-ring (bicyclic) bond motifs is 1. The predicted molar refractivity (Wildman–Crippen MR) is 93.5 cm³/mol. The van der Waals surface area contributed by atoms with Crippen LogP contribution in [-0.2, 0) is 4.79 Å². The fourth-order valence-corrected chi connectivity index (χ4v) is 4.61. The third-order valence-corrected chi connectivity index (χ3v) is 6.29. The van der Waals surface area contributed by atoms with Gasteiger partial charge in [0.25, 0.3) is 0 Å². The zero-order valence-corrected chi connectivity index (χ0v) is 14.4. The molecule has 1 aromatic carbocycles. The summed E-state index contributed by atoms with van der Waals surface area (Å²) in [5.74, 6) is 2.61. The van der Waals surface area contributed by atoms with Crippen LogP contribution in [-0.4, -0.2) is 30.8 Å². The molecule has 3 rings (SSSR count). The SMILES string of the molecule is CC1CCCC(NCC(=O)N2CCSc3ccccc32)C1C. The molecule has 1 aliphatic carbocycles. The summed E-state index contributed by atoms with van der Waals surface area (Å²) < 4.78 is 0. The minimum Gasteiger partial charge on any atom is -0.309 e. The number of nitrogens with one attached hydrogen (secondary N) is 1. The number of benzene rings is 1. The maximum atomic E-state index is 12.6. The van der Waals surface area contributed by atoms with E-state index in [1.807, 2.05) is 28.8 Å². The van der Waals surface area contributed by atoms with Gasteiger partial charge in [-0.1, -0.05) is 38.8 Å². The van der Waals surface area contributed by atoms with Crippen molar-refractivity contribution < 1.29 is 4.79 Å². The summed E-state index contributed by atoms with van der Waals surface area (Å²) in [4.78, 5) is 15.8. The fraction of sp³-hybridized carbons (Fsp3) is 0.611. The van der Waals surface area contributed by atoms with Crippen LogP contribution in [0.25, 0.3) is 0 Å². The van der Waals surface area contributed by atoms with Gasteiger partial charge in [-0.2, -0.15) is 0 Å². The van der Waals surface area contributed by atoms with Crippen molar-refractivity contribution in [3.8, 4) is 0 Å². The lowest BCUT2D eigenvalue weighted by Gasteiger charge is -2.35. The molecule has 1 heterocycles. The van der Waals surface area contributed by atoms with Crippen molar-refractivity contribution >= 4 is 23.4 Å². The largest absolute Gasteiger partial charge is 0.309 e. The van der Waals surface area contributed by atoms with Gasteiger partial charge < -0.3 is 10.2 Å². The Kier molecular flexibility index (Phi) is 5.09. The smallest absolute Gasteiger partial charge is 0.241 e. The number of nitrogens with zero attached hydrogens (tertiary/aromatic N) is 1. The number of rotatable bonds is 3. The van der Waals surface area contributed by atoms with Gasteiger partial charge in [0, 0.05) is 23.2 Å². The minimum atomic E-state index is 0.207. The monoisotopic (exact) mass is 318 g/mol. The molecular weight excluding hydrogens is 292 g/mol. The van der Waals surface area contributed by atoms with Crippen LogP contribution in [0.3, 0.4) is 0 Å². The number of para-hydroxylation sites is 1. The van der Waals surface area contributed by atoms with E-state index in [1.54, 1.807) is 0 Å². The highest BCUT2D eigenvalue weighted by molar-refractivity contribution is 7.99. The maximum absolute atomic E-state index is 12.6. The highest BCUT2D eigenvalue weighted by Gasteiger charge is 2.28. The van der Waals surface area contributed by atoms with Crippen LogP contribution >= 0.6 is 11.8 Å². The first-order valence-electron chi connectivity index (χ1n) is 8.42. The van der Waals surface area contributed by atoms with E-state index in [9.17, 15) is 4.79 Å². The number of hydrogen-bond donors (Lipinski definition) is 1.